The maximum atomic E-state index is 12.4. The summed E-state index contributed by atoms with van der Waals surface area (Å²) in [5.41, 5.74) is 1.40. The largest absolute Gasteiger partial charge is 0.426 e. The second-order valence-electron chi connectivity index (χ2n) is 7.67. The highest BCUT2D eigenvalue weighted by atomic mass is 16.5. The Kier molecular flexibility index (Phi) is 6.92. The SMILES string of the molecule is CCCOC1CCC(C(=O)Oc2ccc(C3CCCCC3)cc2)CC1. The third-order valence-corrected chi connectivity index (χ3v) is 5.74. The molecule has 2 aliphatic carbocycles. The van der Waals surface area contributed by atoms with Crippen LogP contribution in [-0.4, -0.2) is 18.7 Å². The number of rotatable bonds is 6. The first-order valence-corrected chi connectivity index (χ1v) is 10.2. The minimum atomic E-state index is -0.0700. The van der Waals surface area contributed by atoms with E-state index < -0.39 is 0 Å². The lowest BCUT2D eigenvalue weighted by Gasteiger charge is -2.27. The van der Waals surface area contributed by atoms with Crippen LogP contribution in [0.1, 0.15) is 82.6 Å². The number of ether oxygens (including phenoxy) is 2. The van der Waals surface area contributed by atoms with Crippen LogP contribution < -0.4 is 4.74 Å². The number of carbonyl (C=O) groups excluding carboxylic acids is 1. The van der Waals surface area contributed by atoms with Gasteiger partial charge in [0.2, 0.25) is 0 Å². The van der Waals surface area contributed by atoms with Crippen molar-refractivity contribution >= 4 is 5.97 Å². The average molecular weight is 344 g/mol. The molecule has 0 N–H and O–H groups in total. The smallest absolute Gasteiger partial charge is 0.314 e. The van der Waals surface area contributed by atoms with Gasteiger partial charge in [0, 0.05) is 6.61 Å². The highest BCUT2D eigenvalue weighted by molar-refractivity contribution is 5.75. The summed E-state index contributed by atoms with van der Waals surface area (Å²) in [6.07, 6.45) is 11.7. The lowest BCUT2D eigenvalue weighted by Crippen LogP contribution is -2.29. The van der Waals surface area contributed by atoms with Gasteiger partial charge in [-0.05, 0) is 68.6 Å². The van der Waals surface area contributed by atoms with Gasteiger partial charge in [0.05, 0.1) is 12.0 Å². The Morgan fingerprint density at radius 1 is 0.960 bits per heavy atom. The van der Waals surface area contributed by atoms with E-state index >= 15 is 0 Å². The van der Waals surface area contributed by atoms with E-state index in [1.807, 2.05) is 12.1 Å². The van der Waals surface area contributed by atoms with E-state index in [1.165, 1.54) is 37.7 Å². The van der Waals surface area contributed by atoms with E-state index in [1.54, 1.807) is 0 Å². The standard InChI is InChI=1S/C22H32O3/c1-2-16-24-20-12-10-19(11-13-20)22(23)25-21-14-8-18(9-15-21)17-6-4-3-5-7-17/h8-9,14-15,17,19-20H,2-7,10-13,16H2,1H3. The summed E-state index contributed by atoms with van der Waals surface area (Å²) in [4.78, 5) is 12.4. The second kappa shape index (κ2) is 9.38. The van der Waals surface area contributed by atoms with Gasteiger partial charge in [-0.3, -0.25) is 4.79 Å². The van der Waals surface area contributed by atoms with Crippen LogP contribution in [0.3, 0.4) is 0 Å². The van der Waals surface area contributed by atoms with Crippen molar-refractivity contribution in [2.75, 3.05) is 6.61 Å². The molecule has 0 aromatic heterocycles. The number of carbonyl (C=O) groups is 1. The zero-order chi connectivity index (χ0) is 17.5. The van der Waals surface area contributed by atoms with Crippen molar-refractivity contribution < 1.29 is 14.3 Å². The predicted molar refractivity (Wildman–Crippen MR) is 99.9 cm³/mol. The van der Waals surface area contributed by atoms with E-state index in [0.29, 0.717) is 17.8 Å². The maximum Gasteiger partial charge on any atom is 0.314 e. The van der Waals surface area contributed by atoms with Gasteiger partial charge in [0.25, 0.3) is 0 Å². The van der Waals surface area contributed by atoms with E-state index in [9.17, 15) is 4.79 Å². The third kappa shape index (κ3) is 5.31. The third-order valence-electron chi connectivity index (χ3n) is 5.74. The Labute approximate surface area is 152 Å². The maximum absolute atomic E-state index is 12.4. The Balaban J connectivity index is 1.46. The molecule has 1 aromatic rings. The van der Waals surface area contributed by atoms with Gasteiger partial charge in [0.1, 0.15) is 5.75 Å². The first-order chi connectivity index (χ1) is 12.3. The molecular formula is C22H32O3. The van der Waals surface area contributed by atoms with Gasteiger partial charge in [-0.15, -0.1) is 0 Å². The summed E-state index contributed by atoms with van der Waals surface area (Å²) in [6, 6.07) is 8.23. The molecule has 0 aliphatic heterocycles. The quantitative estimate of drug-likeness (QED) is 0.496. The van der Waals surface area contributed by atoms with Crippen LogP contribution >= 0.6 is 0 Å². The molecule has 2 saturated carbocycles. The topological polar surface area (TPSA) is 35.5 Å². The minimum absolute atomic E-state index is 0.0273. The molecule has 0 amide bonds. The molecule has 3 nitrogen and oxygen atoms in total. The van der Waals surface area contributed by atoms with Crippen LogP contribution in [0.15, 0.2) is 24.3 Å². The zero-order valence-electron chi connectivity index (χ0n) is 15.5. The zero-order valence-corrected chi connectivity index (χ0v) is 15.5. The average Bonchev–Trinajstić information content (AvgIpc) is 2.68. The predicted octanol–water partition coefficient (Wildman–Crippen LogP) is 5.63. The van der Waals surface area contributed by atoms with Gasteiger partial charge < -0.3 is 9.47 Å². The fourth-order valence-electron chi connectivity index (χ4n) is 4.19. The lowest BCUT2D eigenvalue weighted by atomic mass is 9.84. The van der Waals surface area contributed by atoms with E-state index in [-0.39, 0.29) is 11.9 Å². The first kappa shape index (κ1) is 18.4. The van der Waals surface area contributed by atoms with Crippen molar-refractivity contribution in [3.05, 3.63) is 29.8 Å². The summed E-state index contributed by atoms with van der Waals surface area (Å²) in [7, 11) is 0. The fraction of sp³-hybridized carbons (Fsp3) is 0.682. The van der Waals surface area contributed by atoms with Crippen molar-refractivity contribution in [3.8, 4) is 5.75 Å². The van der Waals surface area contributed by atoms with Crippen molar-refractivity contribution in [1.29, 1.82) is 0 Å². The molecule has 0 bridgehead atoms. The van der Waals surface area contributed by atoms with Gasteiger partial charge in [-0.25, -0.2) is 0 Å². The lowest BCUT2D eigenvalue weighted by molar-refractivity contribution is -0.141. The van der Waals surface area contributed by atoms with Crippen molar-refractivity contribution in [2.45, 2.75) is 83.2 Å². The number of esters is 1. The van der Waals surface area contributed by atoms with Gasteiger partial charge in [-0.1, -0.05) is 38.3 Å². The van der Waals surface area contributed by atoms with Crippen LogP contribution in [0, 0.1) is 5.92 Å². The minimum Gasteiger partial charge on any atom is -0.426 e. The van der Waals surface area contributed by atoms with Crippen LogP contribution in [0.4, 0.5) is 0 Å². The molecule has 0 radical (unpaired) electrons. The number of hydrogen-bond acceptors (Lipinski definition) is 3. The molecular weight excluding hydrogens is 312 g/mol. The molecule has 0 saturated heterocycles. The van der Waals surface area contributed by atoms with Gasteiger partial charge >= 0.3 is 5.97 Å². The molecule has 2 fully saturated rings. The molecule has 3 heteroatoms. The van der Waals surface area contributed by atoms with Crippen molar-refractivity contribution in [3.63, 3.8) is 0 Å². The van der Waals surface area contributed by atoms with Crippen LogP contribution in [0.5, 0.6) is 5.75 Å². The molecule has 1 aromatic carbocycles. The van der Waals surface area contributed by atoms with E-state index in [4.69, 9.17) is 9.47 Å². The summed E-state index contributed by atoms with van der Waals surface area (Å²) >= 11 is 0. The van der Waals surface area contributed by atoms with Crippen LogP contribution in [0.2, 0.25) is 0 Å². The Hall–Kier alpha value is -1.35. The summed E-state index contributed by atoms with van der Waals surface area (Å²) in [6.45, 7) is 2.95. The van der Waals surface area contributed by atoms with Crippen LogP contribution in [0.25, 0.3) is 0 Å². The summed E-state index contributed by atoms with van der Waals surface area (Å²) in [5, 5.41) is 0. The van der Waals surface area contributed by atoms with E-state index in [0.717, 1.165) is 38.7 Å². The fourth-order valence-corrected chi connectivity index (χ4v) is 4.19. The number of benzene rings is 1. The van der Waals surface area contributed by atoms with Gasteiger partial charge in [0.15, 0.2) is 0 Å². The second-order valence-corrected chi connectivity index (χ2v) is 7.67. The summed E-state index contributed by atoms with van der Waals surface area (Å²) < 4.78 is 11.4. The van der Waals surface area contributed by atoms with E-state index in [2.05, 4.69) is 19.1 Å². The van der Waals surface area contributed by atoms with Gasteiger partial charge in [-0.2, -0.15) is 0 Å². The number of hydrogen-bond donors (Lipinski definition) is 0. The molecule has 25 heavy (non-hydrogen) atoms. The Morgan fingerprint density at radius 3 is 2.28 bits per heavy atom. The highest BCUT2D eigenvalue weighted by Crippen LogP contribution is 2.33. The van der Waals surface area contributed by atoms with Crippen LogP contribution in [-0.2, 0) is 9.53 Å². The monoisotopic (exact) mass is 344 g/mol. The Morgan fingerprint density at radius 2 is 1.64 bits per heavy atom. The van der Waals surface area contributed by atoms with Crippen molar-refractivity contribution in [2.24, 2.45) is 5.92 Å². The molecule has 0 unspecified atom stereocenters. The summed E-state index contributed by atoms with van der Waals surface area (Å²) in [5.74, 6) is 1.34. The highest BCUT2D eigenvalue weighted by Gasteiger charge is 2.28. The Bertz CT molecular complexity index is 523. The molecule has 0 spiro atoms. The molecule has 2 aliphatic rings. The molecule has 3 rings (SSSR count). The normalized spacial score (nSPS) is 24.8. The first-order valence-electron chi connectivity index (χ1n) is 10.2. The molecule has 0 heterocycles. The molecule has 0 atom stereocenters. The van der Waals surface area contributed by atoms with Crippen molar-refractivity contribution in [1.82, 2.24) is 0 Å². The molecule has 138 valence electrons.